The molecule has 0 aliphatic carbocycles. The molecular weight excluding hydrogens is 486 g/mol. The van der Waals surface area contributed by atoms with Gasteiger partial charge in [0.05, 0.1) is 16.8 Å². The van der Waals surface area contributed by atoms with Gasteiger partial charge in [0.1, 0.15) is 5.82 Å². The van der Waals surface area contributed by atoms with E-state index in [2.05, 4.69) is 54.0 Å². The van der Waals surface area contributed by atoms with Crippen LogP contribution in [-0.4, -0.2) is 33.9 Å². The van der Waals surface area contributed by atoms with Crippen molar-refractivity contribution in [1.29, 1.82) is 0 Å². The van der Waals surface area contributed by atoms with Crippen molar-refractivity contribution < 1.29 is 4.79 Å². The van der Waals surface area contributed by atoms with Crippen molar-refractivity contribution in [2.75, 3.05) is 33.9 Å². The minimum absolute atomic E-state index is 0.218. The van der Waals surface area contributed by atoms with Crippen LogP contribution in [0.3, 0.4) is 0 Å². The third-order valence-corrected chi connectivity index (χ3v) is 6.81. The van der Waals surface area contributed by atoms with Crippen molar-refractivity contribution in [2.24, 2.45) is 0 Å². The number of carbonyl (C=O) groups is 1. The summed E-state index contributed by atoms with van der Waals surface area (Å²) in [6.07, 6.45) is 7.61. The second-order valence-electron chi connectivity index (χ2n) is 9.65. The maximum absolute atomic E-state index is 12.8. The van der Waals surface area contributed by atoms with Gasteiger partial charge in [-0.1, -0.05) is 0 Å². The molecule has 0 saturated carbocycles. The number of nitrogens with zero attached hydrogens (tertiary/aromatic N) is 4. The maximum atomic E-state index is 12.8. The molecule has 6 rings (SSSR count). The highest BCUT2D eigenvalue weighted by molar-refractivity contribution is 6.04. The van der Waals surface area contributed by atoms with E-state index >= 15 is 0 Å². The number of hydrogen-bond acceptors (Lipinski definition) is 7. The van der Waals surface area contributed by atoms with Gasteiger partial charge >= 0.3 is 0 Å². The van der Waals surface area contributed by atoms with Gasteiger partial charge in [-0.3, -0.25) is 14.8 Å². The third kappa shape index (κ3) is 5.65. The lowest BCUT2D eigenvalue weighted by Crippen LogP contribution is -2.17. The fraction of sp³-hybridized carbons (Fsp3) is 0.161. The van der Waals surface area contributed by atoms with Gasteiger partial charge in [0.15, 0.2) is 0 Å². The molecule has 3 aromatic heterocycles. The molecule has 39 heavy (non-hydrogen) atoms. The number of fused-ring (bicyclic) bond motifs is 1. The first-order valence-corrected chi connectivity index (χ1v) is 13.1. The Morgan fingerprint density at radius 3 is 2.33 bits per heavy atom. The van der Waals surface area contributed by atoms with E-state index in [1.807, 2.05) is 55.5 Å². The van der Waals surface area contributed by atoms with Gasteiger partial charge < -0.3 is 20.9 Å². The summed E-state index contributed by atoms with van der Waals surface area (Å²) in [6.45, 7) is 4.13. The smallest absolute Gasteiger partial charge is 0.257 e. The number of aromatic nitrogens is 3. The van der Waals surface area contributed by atoms with E-state index in [1.54, 1.807) is 24.7 Å². The zero-order valence-corrected chi connectivity index (χ0v) is 21.7. The molecule has 0 radical (unpaired) electrons. The largest absolute Gasteiger partial charge is 0.372 e. The SMILES string of the molecule is Cc1cc(Nc2ccc(NC(=O)c3ccc(Nc4ccnc5ccc(N6CCCC6)cc45)nc3)cc2)ccn1. The highest BCUT2D eigenvalue weighted by Crippen LogP contribution is 2.30. The van der Waals surface area contributed by atoms with Crippen LogP contribution in [0.25, 0.3) is 10.9 Å². The molecule has 5 aromatic rings. The molecule has 8 heteroatoms. The summed E-state index contributed by atoms with van der Waals surface area (Å²) in [5.41, 5.74) is 7.09. The lowest BCUT2D eigenvalue weighted by molar-refractivity contribution is 0.102. The Morgan fingerprint density at radius 1 is 0.769 bits per heavy atom. The van der Waals surface area contributed by atoms with Crippen LogP contribution in [0.15, 0.2) is 91.4 Å². The first kappa shape index (κ1) is 24.4. The van der Waals surface area contributed by atoms with E-state index in [4.69, 9.17) is 0 Å². The van der Waals surface area contributed by atoms with Crippen LogP contribution < -0.4 is 20.9 Å². The van der Waals surface area contributed by atoms with Crippen LogP contribution in [0.5, 0.6) is 0 Å². The normalized spacial score (nSPS) is 12.9. The molecular formula is C31H29N7O. The van der Waals surface area contributed by atoms with Crippen LogP contribution in [0.2, 0.25) is 0 Å². The summed E-state index contributed by atoms with van der Waals surface area (Å²) in [7, 11) is 0. The fourth-order valence-electron chi connectivity index (χ4n) is 4.79. The minimum Gasteiger partial charge on any atom is -0.372 e. The van der Waals surface area contributed by atoms with Crippen molar-refractivity contribution in [3.8, 4) is 0 Å². The summed E-state index contributed by atoms with van der Waals surface area (Å²) in [4.78, 5) is 28.5. The number of amides is 1. The standard InChI is InChI=1S/C31H29N7O/c1-21-18-25(12-14-32-21)35-23-5-7-24(8-6-23)36-31(39)22-4-11-30(34-20-22)37-29-13-15-33-28-10-9-26(19-27(28)29)38-16-2-3-17-38/h4-15,18-20H,2-3,16-17H2,1H3,(H,32,35)(H,36,39)(H,33,34,37). The maximum Gasteiger partial charge on any atom is 0.257 e. The van der Waals surface area contributed by atoms with Crippen molar-refractivity contribution in [3.05, 3.63) is 103 Å². The van der Waals surface area contributed by atoms with Crippen LogP contribution >= 0.6 is 0 Å². The average Bonchev–Trinajstić information content (AvgIpc) is 3.50. The van der Waals surface area contributed by atoms with Crippen molar-refractivity contribution in [2.45, 2.75) is 19.8 Å². The number of rotatable bonds is 7. The number of carbonyl (C=O) groups excluding carboxylic acids is 1. The van der Waals surface area contributed by atoms with E-state index < -0.39 is 0 Å². The summed E-state index contributed by atoms with van der Waals surface area (Å²) < 4.78 is 0. The molecule has 1 aliphatic rings. The van der Waals surface area contributed by atoms with E-state index in [0.29, 0.717) is 17.1 Å². The molecule has 1 amide bonds. The monoisotopic (exact) mass is 515 g/mol. The Morgan fingerprint density at radius 2 is 1.56 bits per heavy atom. The van der Waals surface area contributed by atoms with E-state index in [1.165, 1.54) is 18.5 Å². The molecule has 1 fully saturated rings. The first-order chi connectivity index (χ1) is 19.1. The third-order valence-electron chi connectivity index (χ3n) is 6.81. The Balaban J connectivity index is 1.11. The topological polar surface area (TPSA) is 95.1 Å². The van der Waals surface area contributed by atoms with Crippen molar-refractivity contribution in [3.63, 3.8) is 0 Å². The Bertz CT molecular complexity index is 1610. The number of aryl methyl sites for hydroxylation is 1. The first-order valence-electron chi connectivity index (χ1n) is 13.1. The minimum atomic E-state index is -0.218. The molecule has 1 saturated heterocycles. The highest BCUT2D eigenvalue weighted by Gasteiger charge is 2.14. The van der Waals surface area contributed by atoms with Gasteiger partial charge in [-0.2, -0.15) is 0 Å². The van der Waals surface area contributed by atoms with Crippen LogP contribution in [-0.2, 0) is 0 Å². The Hall–Kier alpha value is -4.98. The van der Waals surface area contributed by atoms with Crippen LogP contribution in [0.4, 0.5) is 34.3 Å². The van der Waals surface area contributed by atoms with E-state index in [0.717, 1.165) is 46.7 Å². The van der Waals surface area contributed by atoms with E-state index in [9.17, 15) is 4.79 Å². The zero-order valence-electron chi connectivity index (χ0n) is 21.7. The van der Waals surface area contributed by atoms with Gasteiger partial charge in [-0.25, -0.2) is 4.98 Å². The van der Waals surface area contributed by atoms with Gasteiger partial charge in [-0.15, -0.1) is 0 Å². The second kappa shape index (κ2) is 10.8. The van der Waals surface area contributed by atoms with Crippen molar-refractivity contribution in [1.82, 2.24) is 15.0 Å². The molecule has 194 valence electrons. The van der Waals surface area contributed by atoms with Gasteiger partial charge in [-0.05, 0) is 92.6 Å². The summed E-state index contributed by atoms with van der Waals surface area (Å²) in [5.74, 6) is 0.441. The molecule has 4 heterocycles. The number of benzene rings is 2. The highest BCUT2D eigenvalue weighted by atomic mass is 16.1. The zero-order chi connectivity index (χ0) is 26.6. The lowest BCUT2D eigenvalue weighted by atomic mass is 10.1. The number of hydrogen-bond donors (Lipinski definition) is 3. The number of anilines is 6. The number of nitrogens with one attached hydrogen (secondary N) is 3. The molecule has 8 nitrogen and oxygen atoms in total. The Labute approximate surface area is 227 Å². The molecule has 0 atom stereocenters. The molecule has 0 bridgehead atoms. The Kier molecular flexibility index (Phi) is 6.74. The van der Waals surface area contributed by atoms with Gasteiger partial charge in [0, 0.05) is 65.5 Å². The molecule has 1 aliphatic heterocycles. The lowest BCUT2D eigenvalue weighted by Gasteiger charge is -2.18. The van der Waals surface area contributed by atoms with Gasteiger partial charge in [0.25, 0.3) is 5.91 Å². The fourth-order valence-corrected chi connectivity index (χ4v) is 4.79. The number of pyridine rings is 3. The molecule has 0 unspecified atom stereocenters. The predicted octanol–water partition coefficient (Wildman–Crippen LogP) is 6.67. The quantitative estimate of drug-likeness (QED) is 0.223. The van der Waals surface area contributed by atoms with E-state index in [-0.39, 0.29) is 5.91 Å². The molecule has 3 N–H and O–H groups in total. The summed E-state index contributed by atoms with van der Waals surface area (Å²) in [5, 5.41) is 10.7. The predicted molar refractivity (Wildman–Crippen MR) is 157 cm³/mol. The van der Waals surface area contributed by atoms with Crippen LogP contribution in [0.1, 0.15) is 28.9 Å². The summed E-state index contributed by atoms with van der Waals surface area (Å²) >= 11 is 0. The van der Waals surface area contributed by atoms with Crippen LogP contribution in [0, 0.1) is 6.92 Å². The molecule has 2 aromatic carbocycles. The molecule has 0 spiro atoms. The summed E-state index contributed by atoms with van der Waals surface area (Å²) in [6, 6.07) is 23.4. The average molecular weight is 516 g/mol. The second-order valence-corrected chi connectivity index (χ2v) is 9.65. The van der Waals surface area contributed by atoms with Gasteiger partial charge in [0.2, 0.25) is 0 Å². The van der Waals surface area contributed by atoms with Crippen molar-refractivity contribution >= 4 is 51.1 Å².